The molecule has 2 rings (SSSR count). The van der Waals surface area contributed by atoms with E-state index in [1.165, 1.54) is 0 Å². The molecule has 0 spiro atoms. The Hall–Kier alpha value is -2.63. The largest absolute Gasteiger partial charge is 0.481 e. The maximum atomic E-state index is 11.4. The van der Waals surface area contributed by atoms with E-state index in [4.69, 9.17) is 5.73 Å². The van der Waals surface area contributed by atoms with Crippen molar-refractivity contribution in [3.63, 3.8) is 0 Å². The SMILES string of the molecule is C=CCn1cnc(C(Cc2ccc(N)nc2)C(=O)O)c1. The molecule has 3 N–H and O–H groups in total. The molecule has 2 aromatic rings. The quantitative estimate of drug-likeness (QED) is 0.776. The van der Waals surface area contributed by atoms with Crippen molar-refractivity contribution < 1.29 is 9.90 Å². The molecule has 2 aromatic heterocycles. The number of anilines is 1. The number of hydrogen-bond acceptors (Lipinski definition) is 4. The van der Waals surface area contributed by atoms with Crippen molar-refractivity contribution in [2.75, 3.05) is 5.73 Å². The monoisotopic (exact) mass is 272 g/mol. The Morgan fingerprint density at radius 2 is 2.30 bits per heavy atom. The summed E-state index contributed by atoms with van der Waals surface area (Å²) in [5.41, 5.74) is 6.85. The van der Waals surface area contributed by atoms with Gasteiger partial charge in [-0.25, -0.2) is 9.97 Å². The van der Waals surface area contributed by atoms with E-state index in [0.717, 1.165) is 5.56 Å². The van der Waals surface area contributed by atoms with Crippen LogP contribution in [0.4, 0.5) is 5.82 Å². The topological polar surface area (TPSA) is 94.0 Å². The van der Waals surface area contributed by atoms with Crippen molar-refractivity contribution >= 4 is 11.8 Å². The molecule has 6 heteroatoms. The van der Waals surface area contributed by atoms with Gasteiger partial charge in [-0.15, -0.1) is 6.58 Å². The molecule has 2 heterocycles. The van der Waals surface area contributed by atoms with Crippen molar-refractivity contribution in [3.05, 3.63) is 54.8 Å². The average Bonchev–Trinajstić information content (AvgIpc) is 2.86. The van der Waals surface area contributed by atoms with Gasteiger partial charge in [-0.2, -0.15) is 0 Å². The second kappa shape index (κ2) is 6.01. The molecule has 104 valence electrons. The van der Waals surface area contributed by atoms with E-state index in [2.05, 4.69) is 16.5 Å². The third-order valence-electron chi connectivity index (χ3n) is 2.94. The molecule has 0 bridgehead atoms. The Bertz CT molecular complexity index is 604. The van der Waals surface area contributed by atoms with E-state index in [9.17, 15) is 9.90 Å². The van der Waals surface area contributed by atoms with Crippen molar-refractivity contribution in [2.45, 2.75) is 18.9 Å². The van der Waals surface area contributed by atoms with E-state index >= 15 is 0 Å². The van der Waals surface area contributed by atoms with Crippen LogP contribution in [0.25, 0.3) is 0 Å². The van der Waals surface area contributed by atoms with Gasteiger partial charge in [-0.05, 0) is 18.1 Å². The summed E-state index contributed by atoms with van der Waals surface area (Å²) in [5.74, 6) is -1.20. The Morgan fingerprint density at radius 3 is 2.90 bits per heavy atom. The fourth-order valence-electron chi connectivity index (χ4n) is 1.92. The first-order valence-electron chi connectivity index (χ1n) is 6.16. The predicted octanol–water partition coefficient (Wildman–Crippen LogP) is 1.46. The number of hydrogen-bond donors (Lipinski definition) is 2. The molecular formula is C14H16N4O2. The average molecular weight is 272 g/mol. The number of carboxylic acid groups (broad SMARTS) is 1. The van der Waals surface area contributed by atoms with E-state index in [0.29, 0.717) is 24.5 Å². The number of imidazole rings is 1. The number of allylic oxidation sites excluding steroid dienone is 1. The minimum absolute atomic E-state index is 0.327. The minimum atomic E-state index is -0.911. The number of nitrogens with two attached hydrogens (primary N) is 1. The molecule has 6 nitrogen and oxygen atoms in total. The van der Waals surface area contributed by atoms with E-state index in [-0.39, 0.29) is 0 Å². The molecule has 0 fully saturated rings. The smallest absolute Gasteiger partial charge is 0.312 e. The highest BCUT2D eigenvalue weighted by Crippen LogP contribution is 2.20. The third-order valence-corrected chi connectivity index (χ3v) is 2.94. The molecule has 0 aliphatic heterocycles. The summed E-state index contributed by atoms with van der Waals surface area (Å²) in [7, 11) is 0. The minimum Gasteiger partial charge on any atom is -0.481 e. The zero-order chi connectivity index (χ0) is 14.5. The number of pyridine rings is 1. The Labute approximate surface area is 116 Å². The summed E-state index contributed by atoms with van der Waals surface area (Å²) in [6, 6.07) is 3.43. The highest BCUT2D eigenvalue weighted by molar-refractivity contribution is 5.75. The fraction of sp³-hybridized carbons (Fsp3) is 0.214. The highest BCUT2D eigenvalue weighted by Gasteiger charge is 2.23. The number of carbonyl (C=O) groups is 1. The maximum absolute atomic E-state index is 11.4. The molecule has 0 saturated carbocycles. The number of nitrogens with zero attached hydrogens (tertiary/aromatic N) is 3. The van der Waals surface area contributed by atoms with Crippen LogP contribution in [0.2, 0.25) is 0 Å². The molecule has 1 atom stereocenters. The van der Waals surface area contributed by atoms with E-state index in [1.807, 2.05) is 0 Å². The first-order chi connectivity index (χ1) is 9.60. The zero-order valence-electron chi connectivity index (χ0n) is 10.9. The van der Waals surface area contributed by atoms with Crippen molar-refractivity contribution in [1.82, 2.24) is 14.5 Å². The zero-order valence-corrected chi connectivity index (χ0v) is 10.9. The summed E-state index contributed by atoms with van der Waals surface area (Å²) in [6.07, 6.45) is 6.98. The summed E-state index contributed by atoms with van der Waals surface area (Å²) in [6.45, 7) is 4.24. The van der Waals surface area contributed by atoms with Crippen LogP contribution in [0.15, 0.2) is 43.5 Å². The Kier molecular flexibility index (Phi) is 4.14. The van der Waals surface area contributed by atoms with Crippen molar-refractivity contribution in [1.29, 1.82) is 0 Å². The second-order valence-corrected chi connectivity index (χ2v) is 4.47. The van der Waals surface area contributed by atoms with Gasteiger partial charge in [-0.3, -0.25) is 4.79 Å². The van der Waals surface area contributed by atoms with Gasteiger partial charge in [0, 0.05) is 18.9 Å². The second-order valence-electron chi connectivity index (χ2n) is 4.47. The van der Waals surface area contributed by atoms with Crippen LogP contribution in [0.3, 0.4) is 0 Å². The Morgan fingerprint density at radius 1 is 1.50 bits per heavy atom. The molecule has 0 saturated heterocycles. The normalized spacial score (nSPS) is 12.0. The van der Waals surface area contributed by atoms with Crippen LogP contribution >= 0.6 is 0 Å². The van der Waals surface area contributed by atoms with Gasteiger partial charge in [0.1, 0.15) is 11.7 Å². The first kappa shape index (κ1) is 13.8. The van der Waals surface area contributed by atoms with Crippen LogP contribution in [0.5, 0.6) is 0 Å². The van der Waals surface area contributed by atoms with Gasteiger partial charge in [0.25, 0.3) is 0 Å². The molecule has 1 unspecified atom stereocenters. The van der Waals surface area contributed by atoms with Crippen LogP contribution in [0.1, 0.15) is 17.2 Å². The molecule has 0 aromatic carbocycles. The van der Waals surface area contributed by atoms with Gasteiger partial charge < -0.3 is 15.4 Å². The summed E-state index contributed by atoms with van der Waals surface area (Å²) in [5, 5.41) is 9.37. The fourth-order valence-corrected chi connectivity index (χ4v) is 1.92. The van der Waals surface area contributed by atoms with Crippen LogP contribution in [-0.4, -0.2) is 25.6 Å². The molecule has 20 heavy (non-hydrogen) atoms. The summed E-state index contributed by atoms with van der Waals surface area (Å²) < 4.78 is 1.79. The Balaban J connectivity index is 2.19. The molecule has 0 radical (unpaired) electrons. The first-order valence-corrected chi connectivity index (χ1v) is 6.16. The predicted molar refractivity (Wildman–Crippen MR) is 75.2 cm³/mol. The lowest BCUT2D eigenvalue weighted by Crippen LogP contribution is -2.15. The van der Waals surface area contributed by atoms with Crippen LogP contribution in [-0.2, 0) is 17.8 Å². The van der Waals surface area contributed by atoms with Crippen molar-refractivity contribution in [2.24, 2.45) is 0 Å². The molecule has 0 aliphatic carbocycles. The van der Waals surface area contributed by atoms with Gasteiger partial charge in [0.05, 0.1) is 12.0 Å². The number of aromatic nitrogens is 3. The molecular weight excluding hydrogens is 256 g/mol. The van der Waals surface area contributed by atoms with E-state index in [1.54, 1.807) is 41.5 Å². The number of rotatable bonds is 6. The highest BCUT2D eigenvalue weighted by atomic mass is 16.4. The standard InChI is InChI=1S/C14H16N4O2/c1-2-5-18-8-12(17-9-18)11(14(19)20)6-10-3-4-13(15)16-7-10/h2-4,7-9,11H,1,5-6H2,(H2,15,16)(H,19,20). The van der Waals surface area contributed by atoms with Crippen molar-refractivity contribution in [3.8, 4) is 0 Å². The maximum Gasteiger partial charge on any atom is 0.312 e. The summed E-state index contributed by atoms with van der Waals surface area (Å²) in [4.78, 5) is 19.5. The van der Waals surface area contributed by atoms with Gasteiger partial charge in [-0.1, -0.05) is 12.1 Å². The number of aliphatic carboxylic acids is 1. The van der Waals surface area contributed by atoms with Gasteiger partial charge in [0.2, 0.25) is 0 Å². The molecule has 0 aliphatic rings. The van der Waals surface area contributed by atoms with Crippen LogP contribution in [0, 0.1) is 0 Å². The summed E-state index contributed by atoms with van der Waals surface area (Å²) >= 11 is 0. The lowest BCUT2D eigenvalue weighted by molar-refractivity contribution is -0.138. The lowest BCUT2D eigenvalue weighted by atomic mass is 9.98. The number of nitrogen functional groups attached to an aromatic ring is 1. The molecule has 0 amide bonds. The third kappa shape index (κ3) is 3.23. The van der Waals surface area contributed by atoms with E-state index < -0.39 is 11.9 Å². The van der Waals surface area contributed by atoms with Gasteiger partial charge in [0.15, 0.2) is 0 Å². The number of carboxylic acids is 1. The van der Waals surface area contributed by atoms with Crippen LogP contribution < -0.4 is 5.73 Å². The van der Waals surface area contributed by atoms with Gasteiger partial charge >= 0.3 is 5.97 Å². The lowest BCUT2D eigenvalue weighted by Gasteiger charge is -2.09.